The molecule has 0 aliphatic carbocycles. The van der Waals surface area contributed by atoms with Crippen molar-refractivity contribution in [1.82, 2.24) is 0 Å². The minimum absolute atomic E-state index is 0.228. The molecule has 35 heavy (non-hydrogen) atoms. The normalized spacial score (nSPS) is 11.5. The van der Waals surface area contributed by atoms with E-state index in [0.29, 0.717) is 0 Å². The van der Waals surface area contributed by atoms with E-state index in [1.54, 1.807) is 0 Å². The van der Waals surface area contributed by atoms with E-state index < -0.39 is 0 Å². The quantitative estimate of drug-likeness (QED) is 0.261. The zero-order chi connectivity index (χ0) is 25.6. The maximum Gasteiger partial charge on any atom is 0.0428 e. The fraction of sp³-hybridized carbons (Fsp3) is 0.455. The number of hydrogen-bond acceptors (Lipinski definition) is 2. The Balaban J connectivity index is 2.30. The number of nitrogens with zero attached hydrogens (tertiary/aromatic N) is 2. The number of anilines is 2. The van der Waals surface area contributed by atoms with Crippen molar-refractivity contribution in [2.45, 2.75) is 73.6 Å². The molecule has 0 saturated carbocycles. The van der Waals surface area contributed by atoms with Gasteiger partial charge in [0.05, 0.1) is 0 Å². The summed E-state index contributed by atoms with van der Waals surface area (Å²) in [7, 11) is 0. The van der Waals surface area contributed by atoms with E-state index in [4.69, 9.17) is 0 Å². The number of benzene rings is 3. The molecule has 0 radical (unpaired) electrons. The number of rotatable bonds is 11. The first-order valence-electron chi connectivity index (χ1n) is 13.7. The van der Waals surface area contributed by atoms with E-state index in [9.17, 15) is 0 Å². The molecule has 0 heterocycles. The summed E-state index contributed by atoms with van der Waals surface area (Å²) in [6, 6.07) is 23.6. The molecule has 0 aliphatic rings. The molecule has 0 saturated heterocycles. The Morgan fingerprint density at radius 3 is 1.31 bits per heavy atom. The Labute approximate surface area is 215 Å². The average Bonchev–Trinajstić information content (AvgIpc) is 2.89. The van der Waals surface area contributed by atoms with E-state index in [-0.39, 0.29) is 5.41 Å². The highest BCUT2D eigenvalue weighted by molar-refractivity contribution is 5.62. The lowest BCUT2D eigenvalue weighted by atomic mass is 9.67. The highest BCUT2D eigenvalue weighted by Gasteiger charge is 2.35. The lowest BCUT2D eigenvalue weighted by molar-refractivity contribution is 0.671. The van der Waals surface area contributed by atoms with Crippen molar-refractivity contribution < 1.29 is 0 Å². The van der Waals surface area contributed by atoms with Crippen LogP contribution in [-0.2, 0) is 18.3 Å². The Morgan fingerprint density at radius 2 is 0.971 bits per heavy atom. The predicted molar refractivity (Wildman–Crippen MR) is 155 cm³/mol. The largest absolute Gasteiger partial charge is 0.372 e. The predicted octanol–water partition coefficient (Wildman–Crippen LogP) is 8.17. The zero-order valence-electron chi connectivity index (χ0n) is 23.4. The minimum atomic E-state index is -0.228. The van der Waals surface area contributed by atoms with Gasteiger partial charge in [-0.2, -0.15) is 0 Å². The van der Waals surface area contributed by atoms with Crippen molar-refractivity contribution >= 4 is 11.4 Å². The van der Waals surface area contributed by atoms with Gasteiger partial charge in [0.1, 0.15) is 0 Å². The van der Waals surface area contributed by atoms with Gasteiger partial charge in [-0.3, -0.25) is 0 Å². The van der Waals surface area contributed by atoms with Crippen molar-refractivity contribution in [3.8, 4) is 0 Å². The third-order valence-electron chi connectivity index (χ3n) is 7.90. The van der Waals surface area contributed by atoms with E-state index >= 15 is 0 Å². The van der Waals surface area contributed by atoms with Gasteiger partial charge in [0.25, 0.3) is 0 Å². The van der Waals surface area contributed by atoms with E-state index in [1.165, 1.54) is 44.8 Å². The summed E-state index contributed by atoms with van der Waals surface area (Å²) in [4.78, 5) is 4.89. The van der Waals surface area contributed by atoms with Crippen LogP contribution in [-0.4, -0.2) is 26.2 Å². The van der Waals surface area contributed by atoms with Gasteiger partial charge in [0.15, 0.2) is 0 Å². The molecule has 188 valence electrons. The summed E-state index contributed by atoms with van der Waals surface area (Å²) >= 11 is 0. The first-order chi connectivity index (χ1) is 16.9. The summed E-state index contributed by atoms with van der Waals surface area (Å²) in [6.07, 6.45) is 2.04. The van der Waals surface area contributed by atoms with Crippen LogP contribution in [0.15, 0.2) is 60.7 Å². The van der Waals surface area contributed by atoms with Gasteiger partial charge in [-0.1, -0.05) is 55.8 Å². The summed E-state index contributed by atoms with van der Waals surface area (Å²) in [6.45, 7) is 22.3. The van der Waals surface area contributed by atoms with Gasteiger partial charge < -0.3 is 9.80 Å². The van der Waals surface area contributed by atoms with Crippen molar-refractivity contribution in [3.05, 3.63) is 94.0 Å². The Hall–Kier alpha value is -2.74. The fourth-order valence-electron chi connectivity index (χ4n) is 5.63. The monoisotopic (exact) mass is 470 g/mol. The molecule has 0 bridgehead atoms. The van der Waals surface area contributed by atoms with Gasteiger partial charge in [0, 0.05) is 43.0 Å². The maximum atomic E-state index is 2.45. The smallest absolute Gasteiger partial charge is 0.0428 e. The first-order valence-corrected chi connectivity index (χ1v) is 13.7. The van der Waals surface area contributed by atoms with Crippen LogP contribution in [0.4, 0.5) is 11.4 Å². The van der Waals surface area contributed by atoms with Gasteiger partial charge in [-0.15, -0.1) is 0 Å². The Bertz CT molecular complexity index is 1030. The minimum Gasteiger partial charge on any atom is -0.372 e. The van der Waals surface area contributed by atoms with E-state index in [1.807, 2.05) is 0 Å². The Morgan fingerprint density at radius 1 is 0.571 bits per heavy atom. The topological polar surface area (TPSA) is 6.48 Å². The molecule has 2 heteroatoms. The molecule has 0 aliphatic heterocycles. The fourth-order valence-corrected chi connectivity index (χ4v) is 5.63. The van der Waals surface area contributed by atoms with E-state index in [0.717, 1.165) is 39.0 Å². The van der Waals surface area contributed by atoms with Crippen LogP contribution < -0.4 is 9.80 Å². The lowest BCUT2D eigenvalue weighted by Gasteiger charge is -2.37. The van der Waals surface area contributed by atoms with Crippen LogP contribution in [0.25, 0.3) is 0 Å². The second kappa shape index (κ2) is 11.8. The van der Waals surface area contributed by atoms with Gasteiger partial charge in [-0.25, -0.2) is 0 Å². The molecule has 0 fully saturated rings. The molecule has 0 aromatic heterocycles. The molecular weight excluding hydrogens is 424 g/mol. The molecule has 3 aromatic carbocycles. The van der Waals surface area contributed by atoms with Crippen LogP contribution in [0.3, 0.4) is 0 Å². The molecule has 3 aromatic rings. The summed E-state index contributed by atoms with van der Waals surface area (Å²) < 4.78 is 0. The van der Waals surface area contributed by atoms with Gasteiger partial charge in [0.2, 0.25) is 0 Å². The molecule has 0 unspecified atom stereocenters. The molecule has 0 spiro atoms. The van der Waals surface area contributed by atoms with E-state index in [2.05, 4.69) is 126 Å². The highest BCUT2D eigenvalue weighted by atomic mass is 15.1. The van der Waals surface area contributed by atoms with Crippen LogP contribution in [0.2, 0.25) is 0 Å². The summed E-state index contributed by atoms with van der Waals surface area (Å²) in [5.41, 5.74) is 10.8. The molecular formula is C33H46N2. The maximum absolute atomic E-state index is 2.45. The summed E-state index contributed by atoms with van der Waals surface area (Å²) in [5.74, 6) is 0. The number of hydrogen-bond donors (Lipinski definition) is 0. The third-order valence-corrected chi connectivity index (χ3v) is 7.90. The zero-order valence-corrected chi connectivity index (χ0v) is 23.4. The van der Waals surface area contributed by atoms with Crippen LogP contribution in [0, 0.1) is 6.92 Å². The van der Waals surface area contributed by atoms with Crippen LogP contribution >= 0.6 is 0 Å². The second-order valence-electron chi connectivity index (χ2n) is 9.73. The second-order valence-corrected chi connectivity index (χ2v) is 9.73. The van der Waals surface area contributed by atoms with Crippen molar-refractivity contribution in [2.24, 2.45) is 0 Å². The molecule has 0 atom stereocenters. The third kappa shape index (κ3) is 5.27. The molecule has 0 N–H and O–H groups in total. The highest BCUT2D eigenvalue weighted by Crippen LogP contribution is 2.44. The number of aryl methyl sites for hydroxylation is 3. The van der Waals surface area contributed by atoms with Gasteiger partial charge in [-0.05, 0) is 106 Å². The standard InChI is InChI=1S/C33H46N2/c1-9-26-23-29(34(11-3)12-4)19-21-31(26)33(8,28-17-15-25(7)16-18-28)32-22-20-30(24-27(32)10-2)35(13-5)14-6/h15-24H,9-14H2,1-8H3. The van der Waals surface area contributed by atoms with Crippen molar-refractivity contribution in [2.75, 3.05) is 36.0 Å². The summed E-state index contributed by atoms with van der Waals surface area (Å²) in [5, 5.41) is 0. The van der Waals surface area contributed by atoms with Crippen LogP contribution in [0.5, 0.6) is 0 Å². The van der Waals surface area contributed by atoms with Crippen LogP contribution in [0.1, 0.15) is 81.8 Å². The molecule has 2 nitrogen and oxygen atoms in total. The van der Waals surface area contributed by atoms with Gasteiger partial charge >= 0.3 is 0 Å². The lowest BCUT2D eigenvalue weighted by Crippen LogP contribution is -2.29. The average molecular weight is 471 g/mol. The first kappa shape index (κ1) is 26.9. The Kier molecular flexibility index (Phi) is 9.05. The molecule has 0 amide bonds. The van der Waals surface area contributed by atoms with Crippen molar-refractivity contribution in [3.63, 3.8) is 0 Å². The SMILES string of the molecule is CCc1cc(N(CC)CC)ccc1C(C)(c1ccc(C)cc1)c1ccc(N(CC)CC)cc1CC. The molecule has 3 rings (SSSR count). The van der Waals surface area contributed by atoms with Crippen molar-refractivity contribution in [1.29, 1.82) is 0 Å².